The fourth-order valence-corrected chi connectivity index (χ4v) is 5.22. The van der Waals surface area contributed by atoms with E-state index in [4.69, 9.17) is 16.0 Å². The van der Waals surface area contributed by atoms with E-state index < -0.39 is 23.3 Å². The Hall–Kier alpha value is -3.72. The van der Waals surface area contributed by atoms with Crippen molar-refractivity contribution in [1.29, 1.82) is 0 Å². The molecule has 0 bridgehead atoms. The molecule has 5 aromatic rings. The molecule has 0 radical (unpaired) electrons. The Kier molecular flexibility index (Phi) is 5.33. The van der Waals surface area contributed by atoms with Crippen molar-refractivity contribution in [2.24, 2.45) is 0 Å². The number of rotatable bonds is 3. The lowest BCUT2D eigenvalue weighted by molar-refractivity contribution is -0.136. The Labute approximate surface area is 208 Å². The van der Waals surface area contributed by atoms with Crippen LogP contribution >= 0.6 is 11.6 Å². The molecule has 10 heteroatoms. The first-order valence-electron chi connectivity index (χ1n) is 11.5. The number of benzene rings is 1. The number of fused-ring (bicyclic) bond motifs is 2. The molecule has 6 nitrogen and oxygen atoms in total. The Morgan fingerprint density at radius 3 is 2.58 bits per heavy atom. The van der Waals surface area contributed by atoms with Crippen molar-refractivity contribution >= 4 is 34.1 Å². The SMILES string of the molecule is O=C(c1nc2c(C(F)(F)F)cc(-c3ccoc3)cn2c1Cl)N1CCC(n2ccc3ccccc32)CC1. The first kappa shape index (κ1) is 22.7. The van der Waals surface area contributed by atoms with Gasteiger partial charge in [0.25, 0.3) is 5.91 Å². The van der Waals surface area contributed by atoms with Crippen LogP contribution in [0.2, 0.25) is 5.15 Å². The summed E-state index contributed by atoms with van der Waals surface area (Å²) in [7, 11) is 0. The van der Waals surface area contributed by atoms with Crippen LogP contribution in [-0.2, 0) is 6.18 Å². The summed E-state index contributed by atoms with van der Waals surface area (Å²) in [6, 6.07) is 13.0. The lowest BCUT2D eigenvalue weighted by atomic mass is 10.0. The highest BCUT2D eigenvalue weighted by molar-refractivity contribution is 6.33. The normalized spacial score (nSPS) is 15.3. The van der Waals surface area contributed by atoms with E-state index in [2.05, 4.69) is 33.9 Å². The Morgan fingerprint density at radius 2 is 1.86 bits per heavy atom. The van der Waals surface area contributed by atoms with E-state index in [0.29, 0.717) is 31.5 Å². The zero-order valence-corrected chi connectivity index (χ0v) is 19.6. The van der Waals surface area contributed by atoms with E-state index in [-0.39, 0.29) is 22.5 Å². The number of alkyl halides is 3. The van der Waals surface area contributed by atoms with Crippen molar-refractivity contribution in [2.45, 2.75) is 25.1 Å². The lowest BCUT2D eigenvalue weighted by Crippen LogP contribution is -2.39. The minimum absolute atomic E-state index is 0.149. The molecule has 0 N–H and O–H groups in total. The predicted molar refractivity (Wildman–Crippen MR) is 129 cm³/mol. The highest BCUT2D eigenvalue weighted by Gasteiger charge is 2.37. The third kappa shape index (κ3) is 3.74. The number of carbonyl (C=O) groups is 1. The molecule has 1 aromatic carbocycles. The zero-order valence-electron chi connectivity index (χ0n) is 18.9. The van der Waals surface area contributed by atoms with Gasteiger partial charge in [-0.3, -0.25) is 9.20 Å². The quantitative estimate of drug-likeness (QED) is 0.270. The lowest BCUT2D eigenvalue weighted by Gasteiger charge is -2.32. The maximum Gasteiger partial charge on any atom is 0.420 e. The van der Waals surface area contributed by atoms with E-state index in [0.717, 1.165) is 21.4 Å². The van der Waals surface area contributed by atoms with Gasteiger partial charge in [0.1, 0.15) is 5.15 Å². The molecule has 0 spiro atoms. The second-order valence-corrected chi connectivity index (χ2v) is 9.26. The van der Waals surface area contributed by atoms with Crippen LogP contribution in [0.3, 0.4) is 0 Å². The van der Waals surface area contributed by atoms with Gasteiger partial charge >= 0.3 is 6.18 Å². The third-order valence-corrected chi connectivity index (χ3v) is 7.16. The number of hydrogen-bond donors (Lipinski definition) is 0. The van der Waals surface area contributed by atoms with Crippen LogP contribution in [0, 0.1) is 0 Å². The molecule has 1 aliphatic heterocycles. The van der Waals surface area contributed by atoms with Gasteiger partial charge < -0.3 is 13.9 Å². The molecule has 5 heterocycles. The minimum Gasteiger partial charge on any atom is -0.472 e. The summed E-state index contributed by atoms with van der Waals surface area (Å²) in [6.45, 7) is 0.902. The number of hydrogen-bond acceptors (Lipinski definition) is 3. The number of aromatic nitrogens is 3. The molecule has 0 saturated carbocycles. The average Bonchev–Trinajstić information content (AvgIpc) is 3.62. The molecule has 0 atom stereocenters. The number of likely N-dealkylation sites (tertiary alicyclic amines) is 1. The van der Waals surface area contributed by atoms with E-state index in [1.54, 1.807) is 11.0 Å². The number of nitrogens with zero attached hydrogens (tertiary/aromatic N) is 4. The molecule has 4 aromatic heterocycles. The Morgan fingerprint density at radius 1 is 1.08 bits per heavy atom. The van der Waals surface area contributed by atoms with Gasteiger partial charge in [0.05, 0.1) is 18.1 Å². The number of furan rings is 1. The average molecular weight is 513 g/mol. The number of carbonyl (C=O) groups excluding carboxylic acids is 1. The van der Waals surface area contributed by atoms with Gasteiger partial charge in [0.2, 0.25) is 0 Å². The number of pyridine rings is 1. The van der Waals surface area contributed by atoms with E-state index in [1.807, 2.05) is 12.1 Å². The highest BCUT2D eigenvalue weighted by Crippen LogP contribution is 2.37. The molecule has 1 amide bonds. The van der Waals surface area contributed by atoms with Crippen LogP contribution in [0.25, 0.3) is 27.7 Å². The molecule has 6 rings (SSSR count). The molecule has 1 aliphatic rings. The van der Waals surface area contributed by atoms with Crippen molar-refractivity contribution in [2.75, 3.05) is 13.1 Å². The summed E-state index contributed by atoms with van der Waals surface area (Å²) in [5.41, 5.74) is 0.286. The van der Waals surface area contributed by atoms with Gasteiger partial charge in [-0.05, 0) is 42.5 Å². The van der Waals surface area contributed by atoms with Gasteiger partial charge in [-0.25, -0.2) is 4.98 Å². The molecular formula is C26H20ClF3N4O2. The minimum atomic E-state index is -4.69. The maximum atomic E-state index is 13.9. The fraction of sp³-hybridized carbons (Fsp3) is 0.231. The molecule has 1 saturated heterocycles. The fourth-order valence-electron chi connectivity index (χ4n) is 4.97. The van der Waals surface area contributed by atoms with Gasteiger partial charge in [-0.15, -0.1) is 0 Å². The van der Waals surface area contributed by atoms with Crippen LogP contribution in [0.1, 0.15) is 34.9 Å². The van der Waals surface area contributed by atoms with Crippen LogP contribution in [0.4, 0.5) is 13.2 Å². The number of para-hydroxylation sites is 1. The topological polar surface area (TPSA) is 55.7 Å². The molecule has 36 heavy (non-hydrogen) atoms. The molecule has 1 fully saturated rings. The first-order chi connectivity index (χ1) is 17.3. The number of halogens is 4. The molecule has 0 unspecified atom stereocenters. The largest absolute Gasteiger partial charge is 0.472 e. The summed E-state index contributed by atoms with van der Waals surface area (Å²) in [5.74, 6) is -0.475. The van der Waals surface area contributed by atoms with Crippen molar-refractivity contribution in [3.05, 3.63) is 83.8 Å². The van der Waals surface area contributed by atoms with Crippen LogP contribution in [0.5, 0.6) is 0 Å². The monoisotopic (exact) mass is 512 g/mol. The summed E-state index contributed by atoms with van der Waals surface area (Å²) in [4.78, 5) is 19.0. The van der Waals surface area contributed by atoms with E-state index in [1.165, 1.54) is 18.7 Å². The molecule has 0 aliphatic carbocycles. The van der Waals surface area contributed by atoms with Gasteiger partial charge in [-0.1, -0.05) is 29.8 Å². The van der Waals surface area contributed by atoms with Crippen molar-refractivity contribution in [1.82, 2.24) is 18.9 Å². The Bertz CT molecular complexity index is 1580. The summed E-state index contributed by atoms with van der Waals surface area (Å²) >= 11 is 6.46. The van der Waals surface area contributed by atoms with Crippen molar-refractivity contribution in [3.63, 3.8) is 0 Å². The van der Waals surface area contributed by atoms with Crippen LogP contribution < -0.4 is 0 Å². The number of amides is 1. The first-order valence-corrected chi connectivity index (χ1v) is 11.9. The smallest absolute Gasteiger partial charge is 0.420 e. The molecule has 184 valence electrons. The standard InChI is InChI=1S/C26H20ClF3N4O2/c27-23-22(31-24-20(26(28,29)30)13-18(14-34(23)24)17-8-12-36-15-17)25(35)32-9-6-19(7-10-32)33-11-5-16-3-1-2-4-21(16)33/h1-5,8,11-15,19H,6-7,9-10H2. The van der Waals surface area contributed by atoms with Crippen molar-refractivity contribution < 1.29 is 22.4 Å². The highest BCUT2D eigenvalue weighted by atomic mass is 35.5. The Balaban J connectivity index is 1.30. The van der Waals surface area contributed by atoms with Gasteiger partial charge in [-0.2, -0.15) is 13.2 Å². The predicted octanol–water partition coefficient (Wildman–Crippen LogP) is 6.70. The number of piperidine rings is 1. The number of imidazole rings is 1. The zero-order chi connectivity index (χ0) is 25.0. The molecular weight excluding hydrogens is 493 g/mol. The van der Waals surface area contributed by atoms with Crippen LogP contribution in [0.15, 0.2) is 71.8 Å². The van der Waals surface area contributed by atoms with E-state index in [9.17, 15) is 18.0 Å². The summed E-state index contributed by atoms with van der Waals surface area (Å²) in [6.07, 6.45) is 2.95. The van der Waals surface area contributed by atoms with Crippen molar-refractivity contribution in [3.8, 4) is 11.1 Å². The summed E-state index contributed by atoms with van der Waals surface area (Å²) in [5, 5.41) is 1.01. The summed E-state index contributed by atoms with van der Waals surface area (Å²) < 4.78 is 50.1. The van der Waals surface area contributed by atoms with Crippen LogP contribution in [-0.4, -0.2) is 37.8 Å². The van der Waals surface area contributed by atoms with Gasteiger partial charge in [0.15, 0.2) is 11.3 Å². The third-order valence-electron chi connectivity index (χ3n) is 6.80. The second-order valence-electron chi connectivity index (χ2n) is 8.90. The second kappa shape index (κ2) is 8.44. The maximum absolute atomic E-state index is 13.9. The van der Waals surface area contributed by atoms with E-state index >= 15 is 0 Å². The van der Waals surface area contributed by atoms with Gasteiger partial charge in [0, 0.05) is 48.2 Å².